The van der Waals surface area contributed by atoms with Gasteiger partial charge in [0, 0.05) is 22.3 Å². The number of carbonyl (C=O) groups is 3. The Morgan fingerprint density at radius 1 is 0.964 bits per heavy atom. The van der Waals surface area contributed by atoms with Gasteiger partial charge in [-0.05, 0) is 57.2 Å². The molecule has 0 saturated heterocycles. The van der Waals surface area contributed by atoms with E-state index in [1.165, 1.54) is 4.90 Å². The molecule has 2 aromatic carbocycles. The lowest BCUT2D eigenvalue weighted by molar-refractivity contribution is -0.124. The number of benzene rings is 2. The number of anilines is 1. The van der Waals surface area contributed by atoms with Gasteiger partial charge in [-0.15, -0.1) is 0 Å². The summed E-state index contributed by atoms with van der Waals surface area (Å²) in [5, 5.41) is 5.79. The SMILES string of the molecule is Cc1ccc(NC(=O)CNC(=O)CN(C(=O)c2ccc(Cl)cc2)C(C)C)cc1. The van der Waals surface area contributed by atoms with Crippen LogP contribution in [-0.2, 0) is 9.59 Å². The maximum atomic E-state index is 12.7. The van der Waals surface area contributed by atoms with E-state index in [-0.39, 0.29) is 30.9 Å². The summed E-state index contributed by atoms with van der Waals surface area (Å²) in [7, 11) is 0. The van der Waals surface area contributed by atoms with E-state index in [1.807, 2.05) is 32.9 Å². The molecule has 0 saturated carbocycles. The maximum Gasteiger partial charge on any atom is 0.254 e. The Kier molecular flexibility index (Phi) is 7.58. The number of amides is 3. The molecule has 0 heterocycles. The summed E-state index contributed by atoms with van der Waals surface area (Å²) in [5.41, 5.74) is 2.19. The predicted molar refractivity (Wildman–Crippen MR) is 110 cm³/mol. The van der Waals surface area contributed by atoms with Gasteiger partial charge >= 0.3 is 0 Å². The fourth-order valence-corrected chi connectivity index (χ4v) is 2.60. The minimum Gasteiger partial charge on any atom is -0.345 e. The van der Waals surface area contributed by atoms with Gasteiger partial charge in [-0.25, -0.2) is 0 Å². The van der Waals surface area contributed by atoms with Crippen molar-refractivity contribution < 1.29 is 14.4 Å². The highest BCUT2D eigenvalue weighted by molar-refractivity contribution is 6.30. The van der Waals surface area contributed by atoms with Crippen LogP contribution in [0.25, 0.3) is 0 Å². The molecule has 3 amide bonds. The molecule has 0 unspecified atom stereocenters. The average molecular weight is 402 g/mol. The summed E-state index contributed by atoms with van der Waals surface area (Å²) in [6.45, 7) is 5.29. The Labute approximate surface area is 169 Å². The Morgan fingerprint density at radius 3 is 2.14 bits per heavy atom. The van der Waals surface area contributed by atoms with Crippen LogP contribution in [0.3, 0.4) is 0 Å². The molecule has 0 fully saturated rings. The lowest BCUT2D eigenvalue weighted by Gasteiger charge is -2.26. The van der Waals surface area contributed by atoms with Crippen molar-refractivity contribution in [1.82, 2.24) is 10.2 Å². The van der Waals surface area contributed by atoms with Gasteiger partial charge in [-0.2, -0.15) is 0 Å². The van der Waals surface area contributed by atoms with Crippen molar-refractivity contribution in [1.29, 1.82) is 0 Å². The monoisotopic (exact) mass is 401 g/mol. The maximum absolute atomic E-state index is 12.7. The van der Waals surface area contributed by atoms with Crippen LogP contribution >= 0.6 is 11.6 Å². The second-order valence-electron chi connectivity index (χ2n) is 6.72. The highest BCUT2D eigenvalue weighted by atomic mass is 35.5. The van der Waals surface area contributed by atoms with Crippen molar-refractivity contribution in [3.63, 3.8) is 0 Å². The molecule has 6 nitrogen and oxygen atoms in total. The van der Waals surface area contributed by atoms with Gasteiger partial charge < -0.3 is 15.5 Å². The van der Waals surface area contributed by atoms with Crippen LogP contribution in [0.2, 0.25) is 5.02 Å². The molecule has 0 aliphatic heterocycles. The first kappa shape index (κ1) is 21.4. The number of hydrogen-bond acceptors (Lipinski definition) is 3. The fraction of sp³-hybridized carbons (Fsp3) is 0.286. The zero-order valence-corrected chi connectivity index (χ0v) is 16.9. The van der Waals surface area contributed by atoms with E-state index in [2.05, 4.69) is 10.6 Å². The number of carbonyl (C=O) groups excluding carboxylic acids is 3. The van der Waals surface area contributed by atoms with Crippen LogP contribution in [0, 0.1) is 6.92 Å². The topological polar surface area (TPSA) is 78.5 Å². The number of hydrogen-bond donors (Lipinski definition) is 2. The fourth-order valence-electron chi connectivity index (χ4n) is 2.48. The van der Waals surface area contributed by atoms with Crippen molar-refractivity contribution in [3.8, 4) is 0 Å². The van der Waals surface area contributed by atoms with Gasteiger partial charge in [0.05, 0.1) is 6.54 Å². The molecule has 7 heteroatoms. The zero-order chi connectivity index (χ0) is 20.7. The zero-order valence-electron chi connectivity index (χ0n) is 16.2. The van der Waals surface area contributed by atoms with Gasteiger partial charge in [0.25, 0.3) is 5.91 Å². The summed E-state index contributed by atoms with van der Waals surface area (Å²) in [6.07, 6.45) is 0. The van der Waals surface area contributed by atoms with E-state index < -0.39 is 5.91 Å². The van der Waals surface area contributed by atoms with Crippen LogP contribution in [0.5, 0.6) is 0 Å². The van der Waals surface area contributed by atoms with Crippen LogP contribution in [-0.4, -0.2) is 41.8 Å². The first-order valence-electron chi connectivity index (χ1n) is 8.96. The van der Waals surface area contributed by atoms with E-state index >= 15 is 0 Å². The molecule has 0 bridgehead atoms. The summed E-state index contributed by atoms with van der Waals surface area (Å²) >= 11 is 5.85. The number of rotatable bonds is 7. The minimum atomic E-state index is -0.407. The molecular formula is C21H24ClN3O3. The third-order valence-corrected chi connectivity index (χ3v) is 4.32. The van der Waals surface area contributed by atoms with E-state index in [4.69, 9.17) is 11.6 Å². The first-order chi connectivity index (χ1) is 13.3. The largest absolute Gasteiger partial charge is 0.345 e. The molecule has 2 N–H and O–H groups in total. The number of nitrogens with one attached hydrogen (secondary N) is 2. The van der Waals surface area contributed by atoms with Crippen molar-refractivity contribution in [2.45, 2.75) is 26.8 Å². The molecule has 0 radical (unpaired) electrons. The minimum absolute atomic E-state index is 0.142. The molecule has 0 aliphatic carbocycles. The summed E-state index contributed by atoms with van der Waals surface area (Å²) in [6, 6.07) is 13.7. The normalized spacial score (nSPS) is 10.5. The first-order valence-corrected chi connectivity index (χ1v) is 9.34. The van der Waals surface area contributed by atoms with Gasteiger partial charge in [0.2, 0.25) is 11.8 Å². The average Bonchev–Trinajstić information content (AvgIpc) is 2.66. The lowest BCUT2D eigenvalue weighted by Crippen LogP contribution is -2.45. The van der Waals surface area contributed by atoms with Crippen molar-refractivity contribution in [3.05, 3.63) is 64.7 Å². The highest BCUT2D eigenvalue weighted by Crippen LogP contribution is 2.13. The highest BCUT2D eigenvalue weighted by Gasteiger charge is 2.21. The molecule has 28 heavy (non-hydrogen) atoms. The Hall–Kier alpha value is -2.86. The Morgan fingerprint density at radius 2 is 1.57 bits per heavy atom. The molecule has 0 spiro atoms. The summed E-state index contributed by atoms with van der Waals surface area (Å²) in [4.78, 5) is 38.3. The lowest BCUT2D eigenvalue weighted by atomic mass is 10.1. The van der Waals surface area contributed by atoms with E-state index in [9.17, 15) is 14.4 Å². The molecule has 2 rings (SSSR count). The predicted octanol–water partition coefficient (Wildman–Crippen LogP) is 3.25. The van der Waals surface area contributed by atoms with Crippen LogP contribution in [0.1, 0.15) is 29.8 Å². The third kappa shape index (κ3) is 6.39. The van der Waals surface area contributed by atoms with E-state index in [0.29, 0.717) is 16.3 Å². The number of nitrogens with zero attached hydrogens (tertiary/aromatic N) is 1. The van der Waals surface area contributed by atoms with Crippen molar-refractivity contribution >= 4 is 35.0 Å². The third-order valence-electron chi connectivity index (χ3n) is 4.07. The molecular weight excluding hydrogens is 378 g/mol. The smallest absolute Gasteiger partial charge is 0.254 e. The second kappa shape index (κ2) is 9.90. The molecule has 148 valence electrons. The molecule has 2 aromatic rings. The van der Waals surface area contributed by atoms with Crippen LogP contribution in [0.4, 0.5) is 5.69 Å². The Bertz CT molecular complexity index is 833. The summed E-state index contributed by atoms with van der Waals surface area (Å²) < 4.78 is 0. The van der Waals surface area contributed by atoms with Gasteiger partial charge in [-0.3, -0.25) is 14.4 Å². The van der Waals surface area contributed by atoms with E-state index in [1.54, 1.807) is 36.4 Å². The van der Waals surface area contributed by atoms with E-state index in [0.717, 1.165) is 5.56 Å². The van der Waals surface area contributed by atoms with Gasteiger partial charge in [0.15, 0.2) is 0 Å². The quantitative estimate of drug-likeness (QED) is 0.747. The molecule has 0 aromatic heterocycles. The second-order valence-corrected chi connectivity index (χ2v) is 7.16. The standard InChI is InChI=1S/C21H24ClN3O3/c1-14(2)25(21(28)16-6-8-17(22)9-7-16)13-20(27)23-12-19(26)24-18-10-4-15(3)5-11-18/h4-11,14H,12-13H2,1-3H3,(H,23,27)(H,24,26). The van der Waals surface area contributed by atoms with Crippen molar-refractivity contribution in [2.24, 2.45) is 0 Å². The number of aryl methyl sites for hydroxylation is 1. The van der Waals surface area contributed by atoms with Crippen molar-refractivity contribution in [2.75, 3.05) is 18.4 Å². The molecule has 0 aliphatic rings. The molecule has 0 atom stereocenters. The van der Waals surface area contributed by atoms with Crippen LogP contribution < -0.4 is 10.6 Å². The summed E-state index contributed by atoms with van der Waals surface area (Å²) in [5.74, 6) is -1.02. The van der Waals surface area contributed by atoms with Gasteiger partial charge in [-0.1, -0.05) is 29.3 Å². The van der Waals surface area contributed by atoms with Gasteiger partial charge in [0.1, 0.15) is 6.54 Å². The van der Waals surface area contributed by atoms with Crippen LogP contribution in [0.15, 0.2) is 48.5 Å². The number of halogens is 1. The Balaban J connectivity index is 1.89.